The van der Waals surface area contributed by atoms with Crippen molar-refractivity contribution in [1.29, 1.82) is 0 Å². The van der Waals surface area contributed by atoms with Gasteiger partial charge in [-0.15, -0.1) is 0 Å². The van der Waals surface area contributed by atoms with Crippen LogP contribution >= 0.6 is 7.82 Å². The largest absolute Gasteiger partial charge is 0.472 e. The molecule has 19 nitrogen and oxygen atoms in total. The molecule has 3 aromatic rings. The molecular formula is C23H32N9O10P. The summed E-state index contributed by atoms with van der Waals surface area (Å²) in [6, 6.07) is 0. The van der Waals surface area contributed by atoms with Gasteiger partial charge in [0.25, 0.3) is 5.56 Å². The van der Waals surface area contributed by atoms with E-state index >= 15 is 0 Å². The predicted molar refractivity (Wildman–Crippen MR) is 146 cm³/mol. The standard InChI is InChI=1S/C23H32N9O10P/c1-5-12-14(7-16(39-12)31-9-25-18-19(31)27-11(2)28-20(18)33)42-43(36,37)38-8-15-13(41-23(35)30(3)4)6-17(40-15)32-10-26-21(24)29-22(32)34/h9-10,12-17H,5-8H2,1-4H3,(H,36,37)(H2,24,29,34)(H,27,28,33)/t12-,13?,14?,15-,16-,17-/m1/s1. The van der Waals surface area contributed by atoms with Crippen LogP contribution in [0.25, 0.3) is 11.2 Å². The summed E-state index contributed by atoms with van der Waals surface area (Å²) in [5.41, 5.74) is 4.77. The maximum absolute atomic E-state index is 13.1. The van der Waals surface area contributed by atoms with E-state index in [1.807, 2.05) is 6.92 Å². The number of amides is 1. The molecule has 0 spiro atoms. The number of nitrogens with two attached hydrogens (primary N) is 1. The predicted octanol–water partition coefficient (Wildman–Crippen LogP) is 0.216. The Morgan fingerprint density at radius 3 is 2.51 bits per heavy atom. The van der Waals surface area contributed by atoms with Crippen molar-refractivity contribution in [2.75, 3.05) is 26.4 Å². The number of aryl methyl sites for hydroxylation is 1. The van der Waals surface area contributed by atoms with Crippen molar-refractivity contribution in [3.63, 3.8) is 0 Å². The molecule has 0 aromatic carbocycles. The molecule has 3 unspecified atom stereocenters. The van der Waals surface area contributed by atoms with Crippen LogP contribution in [0.4, 0.5) is 10.7 Å². The number of phosphoric ester groups is 1. The summed E-state index contributed by atoms with van der Waals surface area (Å²) in [4.78, 5) is 67.1. The SMILES string of the molecule is CC[C@H]1O[C@@H](n2cnc3c(=O)[nH]c(C)nc32)CC1OP(=O)(O)OC[C@H]1O[C@@H](n2cnc(N)nc2=O)CC1OC(=O)N(C)C. The molecule has 20 heteroatoms. The minimum absolute atomic E-state index is 0.00262. The monoisotopic (exact) mass is 625 g/mol. The van der Waals surface area contributed by atoms with Crippen LogP contribution in [0.5, 0.6) is 0 Å². The van der Waals surface area contributed by atoms with E-state index in [-0.39, 0.29) is 24.3 Å². The second kappa shape index (κ2) is 12.1. The topological polar surface area (TPSA) is 241 Å². The third-order valence-electron chi connectivity index (χ3n) is 6.97. The van der Waals surface area contributed by atoms with Gasteiger partial charge < -0.3 is 34.7 Å². The summed E-state index contributed by atoms with van der Waals surface area (Å²) in [5.74, 6) is 0.169. The molecule has 0 aliphatic carbocycles. The molecule has 0 bridgehead atoms. The first kappa shape index (κ1) is 30.7. The van der Waals surface area contributed by atoms with Crippen molar-refractivity contribution in [1.82, 2.24) is 39.0 Å². The van der Waals surface area contributed by atoms with Crippen LogP contribution < -0.4 is 17.0 Å². The normalized spacial score (nSPS) is 26.9. The molecule has 2 aliphatic rings. The van der Waals surface area contributed by atoms with Crippen LogP contribution in [0, 0.1) is 6.92 Å². The first-order valence-electron chi connectivity index (χ1n) is 13.3. The maximum atomic E-state index is 13.1. The van der Waals surface area contributed by atoms with Crippen LogP contribution in [0.2, 0.25) is 0 Å². The Bertz CT molecular complexity index is 1660. The second-order valence-corrected chi connectivity index (χ2v) is 11.6. The lowest BCUT2D eigenvalue weighted by Gasteiger charge is -2.23. The molecule has 234 valence electrons. The Hall–Kier alpha value is -3.74. The van der Waals surface area contributed by atoms with Crippen LogP contribution in [0.3, 0.4) is 0 Å². The van der Waals surface area contributed by atoms with Crippen LogP contribution in [0.15, 0.2) is 22.2 Å². The van der Waals surface area contributed by atoms with Crippen LogP contribution in [-0.4, -0.2) is 95.1 Å². The minimum atomic E-state index is -4.72. The number of nitrogen functional groups attached to an aromatic ring is 1. The Morgan fingerprint density at radius 2 is 1.81 bits per heavy atom. The van der Waals surface area contributed by atoms with Gasteiger partial charge in [0, 0.05) is 26.9 Å². The molecule has 1 amide bonds. The Labute approximate surface area is 243 Å². The van der Waals surface area contributed by atoms with E-state index in [1.165, 1.54) is 25.3 Å². The molecule has 2 aliphatic heterocycles. The fourth-order valence-corrected chi connectivity index (χ4v) is 5.85. The highest BCUT2D eigenvalue weighted by molar-refractivity contribution is 7.47. The number of H-pyrrole nitrogens is 1. The molecule has 0 saturated carbocycles. The lowest BCUT2D eigenvalue weighted by molar-refractivity contribution is -0.0552. The van der Waals surface area contributed by atoms with E-state index in [4.69, 9.17) is 29.0 Å². The number of nitrogens with zero attached hydrogens (tertiary/aromatic N) is 7. The van der Waals surface area contributed by atoms with Crippen molar-refractivity contribution in [2.45, 2.75) is 70.0 Å². The zero-order valence-electron chi connectivity index (χ0n) is 23.7. The number of anilines is 1. The Morgan fingerprint density at radius 1 is 1.14 bits per heavy atom. The lowest BCUT2D eigenvalue weighted by Crippen LogP contribution is -2.35. The Balaban J connectivity index is 1.27. The van der Waals surface area contributed by atoms with Gasteiger partial charge in [-0.05, 0) is 13.3 Å². The molecule has 43 heavy (non-hydrogen) atoms. The van der Waals surface area contributed by atoms with Crippen molar-refractivity contribution in [2.24, 2.45) is 0 Å². The molecule has 2 fully saturated rings. The number of hydrogen-bond donors (Lipinski definition) is 3. The van der Waals surface area contributed by atoms with Gasteiger partial charge in [0.2, 0.25) is 5.95 Å². The number of nitrogens with one attached hydrogen (secondary N) is 1. The molecule has 5 heterocycles. The number of carbonyl (C=O) groups excluding carboxylic acids is 1. The zero-order valence-corrected chi connectivity index (χ0v) is 24.6. The summed E-state index contributed by atoms with van der Waals surface area (Å²) in [6.45, 7) is 2.94. The molecule has 7 atom stereocenters. The fraction of sp³-hybridized carbons (Fsp3) is 0.609. The van der Waals surface area contributed by atoms with E-state index in [0.717, 1.165) is 10.9 Å². The number of fused-ring (bicyclic) bond motifs is 1. The number of carbonyl (C=O) groups is 1. The summed E-state index contributed by atoms with van der Waals surface area (Å²) < 4.78 is 43.9. The first-order valence-corrected chi connectivity index (χ1v) is 14.8. The molecule has 5 rings (SSSR count). The smallest absolute Gasteiger partial charge is 0.443 e. The second-order valence-electron chi connectivity index (χ2n) is 10.2. The Kier molecular flexibility index (Phi) is 8.64. The van der Waals surface area contributed by atoms with Gasteiger partial charge in [-0.3, -0.25) is 23.0 Å². The number of hydrogen-bond acceptors (Lipinski definition) is 14. The third kappa shape index (κ3) is 6.61. The fourth-order valence-electron chi connectivity index (χ4n) is 4.89. The minimum Gasteiger partial charge on any atom is -0.443 e. The number of imidazole rings is 1. The van der Waals surface area contributed by atoms with E-state index in [0.29, 0.717) is 17.9 Å². The van der Waals surface area contributed by atoms with Gasteiger partial charge in [0.1, 0.15) is 36.8 Å². The number of phosphoric acid groups is 1. The number of ether oxygens (including phenoxy) is 3. The van der Waals surface area contributed by atoms with Crippen LogP contribution in [-0.2, 0) is 27.8 Å². The van der Waals surface area contributed by atoms with Gasteiger partial charge in [0.15, 0.2) is 11.2 Å². The number of aromatic nitrogens is 7. The van der Waals surface area contributed by atoms with Crippen molar-refractivity contribution in [3.05, 3.63) is 39.3 Å². The van der Waals surface area contributed by atoms with Gasteiger partial charge in [-0.25, -0.2) is 29.1 Å². The van der Waals surface area contributed by atoms with Gasteiger partial charge >= 0.3 is 19.6 Å². The van der Waals surface area contributed by atoms with Gasteiger partial charge in [-0.2, -0.15) is 4.98 Å². The molecule has 2 saturated heterocycles. The summed E-state index contributed by atoms with van der Waals surface area (Å²) in [6.07, 6.45) is -2.67. The number of rotatable bonds is 9. The molecule has 4 N–H and O–H groups in total. The molecule has 0 radical (unpaired) electrons. The molecular weight excluding hydrogens is 593 g/mol. The quantitative estimate of drug-likeness (QED) is 0.269. The van der Waals surface area contributed by atoms with Crippen LogP contribution in [0.1, 0.15) is 44.5 Å². The highest BCUT2D eigenvalue weighted by Gasteiger charge is 2.44. The van der Waals surface area contributed by atoms with E-state index in [2.05, 4.69) is 24.9 Å². The highest BCUT2D eigenvalue weighted by Crippen LogP contribution is 2.49. The summed E-state index contributed by atoms with van der Waals surface area (Å²) >= 11 is 0. The van der Waals surface area contributed by atoms with Crippen molar-refractivity contribution < 1.29 is 37.5 Å². The first-order chi connectivity index (χ1) is 20.3. The summed E-state index contributed by atoms with van der Waals surface area (Å²) in [7, 11) is -1.75. The van der Waals surface area contributed by atoms with E-state index in [9.17, 15) is 23.8 Å². The lowest BCUT2D eigenvalue weighted by atomic mass is 10.1. The van der Waals surface area contributed by atoms with E-state index < -0.39 is 68.6 Å². The average Bonchev–Trinajstić information content (AvgIpc) is 3.64. The van der Waals surface area contributed by atoms with Gasteiger partial charge in [-0.1, -0.05) is 6.92 Å². The maximum Gasteiger partial charge on any atom is 0.472 e. The van der Waals surface area contributed by atoms with Crippen molar-refractivity contribution in [3.8, 4) is 0 Å². The third-order valence-corrected chi connectivity index (χ3v) is 7.98. The van der Waals surface area contributed by atoms with Crippen molar-refractivity contribution >= 4 is 31.0 Å². The average molecular weight is 626 g/mol. The summed E-state index contributed by atoms with van der Waals surface area (Å²) in [5, 5.41) is 0. The molecule has 3 aromatic heterocycles. The van der Waals surface area contributed by atoms with E-state index in [1.54, 1.807) is 11.5 Å². The van der Waals surface area contributed by atoms with Gasteiger partial charge in [0.05, 0.1) is 25.1 Å². The number of aromatic amines is 1. The highest BCUT2D eigenvalue weighted by atomic mass is 31.2. The zero-order chi connectivity index (χ0) is 31.1.